The Morgan fingerprint density at radius 2 is 0.815 bits per heavy atom. The van der Waals surface area contributed by atoms with Crippen LogP contribution in [0.25, 0.3) is 72.0 Å². The van der Waals surface area contributed by atoms with Gasteiger partial charge in [-0.2, -0.15) is 0 Å². The van der Waals surface area contributed by atoms with Gasteiger partial charge in [-0.15, -0.1) is 0 Å². The van der Waals surface area contributed by atoms with Crippen molar-refractivity contribution in [3.05, 3.63) is 228 Å². The molecule has 10 aromatic rings. The summed E-state index contributed by atoms with van der Waals surface area (Å²) in [7, 11) is 0. The Morgan fingerprint density at radius 3 is 1.46 bits per heavy atom. The van der Waals surface area contributed by atoms with E-state index in [2.05, 4.69) is 245 Å². The smallest absolute Gasteiger partial charge is 0.0543 e. The van der Waals surface area contributed by atoms with Crippen molar-refractivity contribution in [3.8, 4) is 50.2 Å². The lowest BCUT2D eigenvalue weighted by Crippen LogP contribution is -2.19. The molecule has 13 rings (SSSR count). The van der Waals surface area contributed by atoms with E-state index in [1.807, 2.05) is 0 Å². The second-order valence-corrected chi connectivity index (χ2v) is 20.1. The molecule has 2 heteroatoms. The van der Waals surface area contributed by atoms with E-state index < -0.39 is 0 Å². The first kappa shape index (κ1) is 38.1. The number of rotatable bonds is 5. The molecule has 0 aliphatic heterocycles. The fourth-order valence-corrected chi connectivity index (χ4v) is 12.2. The van der Waals surface area contributed by atoms with Crippen LogP contribution >= 0.6 is 0 Å². The van der Waals surface area contributed by atoms with E-state index in [0.717, 1.165) is 11.4 Å². The van der Waals surface area contributed by atoms with Crippen LogP contribution in [0.1, 0.15) is 74.9 Å². The number of para-hydroxylation sites is 2. The molecule has 2 nitrogen and oxygen atoms in total. The predicted molar refractivity (Wildman–Crippen MR) is 274 cm³/mol. The lowest BCUT2D eigenvalue weighted by atomic mass is 9.78. The van der Waals surface area contributed by atoms with Gasteiger partial charge in [0.1, 0.15) is 0 Å². The van der Waals surface area contributed by atoms with Crippen LogP contribution in [0.15, 0.2) is 194 Å². The maximum absolute atomic E-state index is 2.55. The second-order valence-electron chi connectivity index (χ2n) is 20.1. The highest BCUT2D eigenvalue weighted by Crippen LogP contribution is 2.59. The average Bonchev–Trinajstić information content (AvgIpc) is 3.95. The van der Waals surface area contributed by atoms with Crippen LogP contribution in [-0.2, 0) is 16.2 Å². The molecular formula is C63H50N2. The minimum Gasteiger partial charge on any atom is -0.310 e. The molecule has 0 fully saturated rings. The number of aromatic nitrogens is 1. The van der Waals surface area contributed by atoms with Gasteiger partial charge in [-0.25, -0.2) is 0 Å². The van der Waals surface area contributed by atoms with Crippen LogP contribution in [-0.4, -0.2) is 4.57 Å². The lowest BCUT2D eigenvalue weighted by Gasteiger charge is -2.30. The molecular weight excluding hydrogens is 785 g/mol. The van der Waals surface area contributed by atoms with Crippen LogP contribution in [0.5, 0.6) is 0 Å². The van der Waals surface area contributed by atoms with Crippen LogP contribution in [0.2, 0.25) is 0 Å². The molecule has 1 aromatic heterocycles. The number of anilines is 3. The highest BCUT2D eigenvalue weighted by Gasteiger charge is 2.43. The molecule has 312 valence electrons. The van der Waals surface area contributed by atoms with Crippen molar-refractivity contribution in [2.24, 2.45) is 0 Å². The monoisotopic (exact) mass is 834 g/mol. The number of nitrogens with zero attached hydrogens (tertiary/aromatic N) is 2. The predicted octanol–water partition coefficient (Wildman–Crippen LogP) is 16.8. The number of hydrogen-bond acceptors (Lipinski definition) is 1. The molecule has 9 aromatic carbocycles. The van der Waals surface area contributed by atoms with Gasteiger partial charge in [-0.3, -0.25) is 0 Å². The lowest BCUT2D eigenvalue weighted by molar-refractivity contribution is 0.639. The molecule has 3 aliphatic rings. The van der Waals surface area contributed by atoms with E-state index in [9.17, 15) is 0 Å². The Hall–Kier alpha value is -7.42. The summed E-state index contributed by atoms with van der Waals surface area (Å²) >= 11 is 0. The summed E-state index contributed by atoms with van der Waals surface area (Å²) in [6.45, 7) is 14.4. The van der Waals surface area contributed by atoms with Gasteiger partial charge in [0.2, 0.25) is 0 Å². The van der Waals surface area contributed by atoms with Crippen molar-refractivity contribution < 1.29 is 0 Å². The minimum absolute atomic E-state index is 0.0669. The fourth-order valence-electron chi connectivity index (χ4n) is 12.2. The van der Waals surface area contributed by atoms with Crippen LogP contribution in [0, 0.1) is 0 Å². The van der Waals surface area contributed by atoms with Crippen LogP contribution in [0.3, 0.4) is 0 Å². The maximum Gasteiger partial charge on any atom is 0.0543 e. The first-order valence-electron chi connectivity index (χ1n) is 23.2. The fraction of sp³-hybridized carbons (Fsp3) is 0.143. The molecule has 0 saturated heterocycles. The van der Waals surface area contributed by atoms with E-state index in [1.54, 1.807) is 0 Å². The molecule has 0 saturated carbocycles. The third-order valence-electron chi connectivity index (χ3n) is 15.6. The van der Waals surface area contributed by atoms with Crippen molar-refractivity contribution in [3.63, 3.8) is 0 Å². The highest BCUT2D eigenvalue weighted by molar-refractivity contribution is 6.09. The van der Waals surface area contributed by atoms with Gasteiger partial charge in [-0.1, -0.05) is 175 Å². The van der Waals surface area contributed by atoms with Gasteiger partial charge in [0.05, 0.1) is 16.7 Å². The zero-order valence-electron chi connectivity index (χ0n) is 37.9. The summed E-state index contributed by atoms with van der Waals surface area (Å²) in [6, 6.07) is 73.0. The first-order valence-corrected chi connectivity index (χ1v) is 23.2. The van der Waals surface area contributed by atoms with Gasteiger partial charge < -0.3 is 9.47 Å². The van der Waals surface area contributed by atoms with Crippen molar-refractivity contribution in [2.45, 2.75) is 57.8 Å². The standard InChI is InChI=1S/C63H50N2/c1-61(2)51-20-11-7-16-44(51)46-35-34-43(36-54(46)61)64(59-25-15-22-53-60(59)50-37-49-45-17-8-12-21-52(45)62(3,4)55(49)38-56(50)63(53,5)6)41-30-26-39(27-31-41)40-28-32-42(33-29-40)65-57-23-13-9-18-47(57)48-19-10-14-24-58(48)65/h7-38H,1-6H3. The maximum atomic E-state index is 2.55. The molecule has 3 aliphatic carbocycles. The van der Waals surface area contributed by atoms with Crippen LogP contribution < -0.4 is 4.90 Å². The van der Waals surface area contributed by atoms with Crippen molar-refractivity contribution in [1.82, 2.24) is 4.57 Å². The van der Waals surface area contributed by atoms with Gasteiger partial charge in [0.15, 0.2) is 0 Å². The molecule has 0 radical (unpaired) electrons. The van der Waals surface area contributed by atoms with Crippen molar-refractivity contribution >= 4 is 38.9 Å². The third kappa shape index (κ3) is 5.23. The molecule has 0 atom stereocenters. The Bertz CT molecular complexity index is 3560. The zero-order valence-corrected chi connectivity index (χ0v) is 37.9. The average molecular weight is 835 g/mol. The third-order valence-corrected chi connectivity index (χ3v) is 15.6. The van der Waals surface area contributed by atoms with E-state index in [0.29, 0.717) is 0 Å². The Morgan fingerprint density at radius 1 is 0.338 bits per heavy atom. The largest absolute Gasteiger partial charge is 0.310 e. The van der Waals surface area contributed by atoms with Crippen LogP contribution in [0.4, 0.5) is 17.1 Å². The van der Waals surface area contributed by atoms with Gasteiger partial charge in [-0.05, 0) is 133 Å². The second kappa shape index (κ2) is 13.3. The summed E-state index contributed by atoms with van der Waals surface area (Å²) in [5.41, 5.74) is 25.6. The van der Waals surface area contributed by atoms with Gasteiger partial charge in [0.25, 0.3) is 0 Å². The van der Waals surface area contributed by atoms with Gasteiger partial charge in [0, 0.05) is 49.6 Å². The minimum atomic E-state index is -0.178. The van der Waals surface area contributed by atoms with E-state index in [-0.39, 0.29) is 16.2 Å². The van der Waals surface area contributed by atoms with Gasteiger partial charge >= 0.3 is 0 Å². The molecule has 0 spiro atoms. The van der Waals surface area contributed by atoms with E-state index in [1.165, 1.54) is 111 Å². The Labute approximate surface area is 382 Å². The SMILES string of the molecule is CC1(C)c2ccccc2-c2ccc(N(c3ccc(-c4ccc(-n5c6ccccc6c6ccccc65)cc4)cc3)c3cccc4c3-c3cc5c(cc3C4(C)C)C(C)(C)c3ccccc3-5)cc21. The number of fused-ring (bicyclic) bond motifs is 12. The summed E-state index contributed by atoms with van der Waals surface area (Å²) < 4.78 is 2.39. The summed E-state index contributed by atoms with van der Waals surface area (Å²) in [6.07, 6.45) is 0. The molecule has 1 heterocycles. The van der Waals surface area contributed by atoms with Crippen molar-refractivity contribution in [1.29, 1.82) is 0 Å². The zero-order chi connectivity index (χ0) is 44.0. The Balaban J connectivity index is 0.961. The molecule has 0 unspecified atom stereocenters. The topological polar surface area (TPSA) is 8.17 Å². The molecule has 65 heavy (non-hydrogen) atoms. The Kier molecular flexibility index (Phi) is 7.80. The first-order chi connectivity index (χ1) is 31.5. The quantitative estimate of drug-likeness (QED) is 0.168. The number of benzene rings is 9. The van der Waals surface area contributed by atoms with E-state index >= 15 is 0 Å². The van der Waals surface area contributed by atoms with Crippen molar-refractivity contribution in [2.75, 3.05) is 4.90 Å². The number of hydrogen-bond donors (Lipinski definition) is 0. The normalized spacial score (nSPS) is 15.3. The van der Waals surface area contributed by atoms with E-state index in [4.69, 9.17) is 0 Å². The summed E-state index contributed by atoms with van der Waals surface area (Å²) in [4.78, 5) is 2.53. The summed E-state index contributed by atoms with van der Waals surface area (Å²) in [5, 5.41) is 2.55. The summed E-state index contributed by atoms with van der Waals surface area (Å²) in [5.74, 6) is 0. The highest BCUT2D eigenvalue weighted by atomic mass is 15.1. The molecule has 0 bridgehead atoms. The molecule has 0 amide bonds. The molecule has 0 N–H and O–H groups in total.